The summed E-state index contributed by atoms with van der Waals surface area (Å²) in [6, 6.07) is 6.01. The maximum atomic E-state index is 14.0. The van der Waals surface area contributed by atoms with Crippen LogP contribution >= 0.6 is 0 Å². The lowest BCUT2D eigenvalue weighted by Gasteiger charge is -2.34. The zero-order valence-electron chi connectivity index (χ0n) is 27.5. The molecule has 0 radical (unpaired) electrons. The maximum absolute atomic E-state index is 14.0. The lowest BCUT2D eigenvalue weighted by atomic mass is 10.1. The lowest BCUT2D eigenvalue weighted by molar-refractivity contribution is -0.122. The second-order valence-corrected chi connectivity index (χ2v) is 12.6. The van der Waals surface area contributed by atoms with E-state index in [1.807, 2.05) is 24.8 Å². The molecular weight excluding hydrogens is 594 g/mol. The fourth-order valence-electron chi connectivity index (χ4n) is 5.15. The Labute approximate surface area is 267 Å². The molecule has 2 aromatic heterocycles. The zero-order valence-corrected chi connectivity index (χ0v) is 27.5. The van der Waals surface area contributed by atoms with Gasteiger partial charge in [0.25, 0.3) is 11.5 Å². The van der Waals surface area contributed by atoms with Crippen LogP contribution < -0.4 is 31.5 Å². The first-order valence-electron chi connectivity index (χ1n) is 15.2. The van der Waals surface area contributed by atoms with Gasteiger partial charge < -0.3 is 29.6 Å². The number of anilines is 1. The number of likely N-dealkylation sites (N-methyl/N-ethyl adjacent to an activating group) is 1. The SMILES string of the molecule is CNC(=O)COc1cccc(C(=O)Cn2c(=O)c3c(nc(N4CCCC(NC(=O)OC(C)(C)C)C4)n3CC=C(C)C)n(C)c2=O)c1. The van der Waals surface area contributed by atoms with Gasteiger partial charge in [0.15, 0.2) is 23.6 Å². The Morgan fingerprint density at radius 1 is 1.13 bits per heavy atom. The molecule has 1 fully saturated rings. The predicted molar refractivity (Wildman–Crippen MR) is 174 cm³/mol. The number of amides is 2. The minimum atomic E-state index is -0.681. The van der Waals surface area contributed by atoms with E-state index in [9.17, 15) is 24.0 Å². The normalized spacial score (nSPS) is 14.9. The number of ketones is 1. The second-order valence-electron chi connectivity index (χ2n) is 12.6. The summed E-state index contributed by atoms with van der Waals surface area (Å²) in [5.41, 5.74) is -0.324. The Kier molecular flexibility index (Phi) is 10.4. The highest BCUT2D eigenvalue weighted by Gasteiger charge is 2.29. The van der Waals surface area contributed by atoms with Crippen molar-refractivity contribution in [1.29, 1.82) is 0 Å². The number of allylic oxidation sites excluding steroid dienone is 2. The van der Waals surface area contributed by atoms with Gasteiger partial charge in [0, 0.05) is 45.3 Å². The molecule has 0 saturated carbocycles. The van der Waals surface area contributed by atoms with Crippen molar-refractivity contribution in [2.45, 2.75) is 72.2 Å². The molecule has 46 heavy (non-hydrogen) atoms. The molecule has 2 amide bonds. The number of rotatable bonds is 10. The third-order valence-corrected chi connectivity index (χ3v) is 7.43. The van der Waals surface area contributed by atoms with Crippen molar-refractivity contribution < 1.29 is 23.9 Å². The molecule has 1 aliphatic rings. The second kappa shape index (κ2) is 14.0. The molecule has 0 spiro atoms. The molecule has 1 atom stereocenters. The van der Waals surface area contributed by atoms with Crippen LogP contribution in [0.2, 0.25) is 0 Å². The van der Waals surface area contributed by atoms with Crippen molar-refractivity contribution >= 4 is 34.9 Å². The number of piperidine rings is 1. The van der Waals surface area contributed by atoms with Crippen molar-refractivity contribution in [3.8, 4) is 5.75 Å². The van der Waals surface area contributed by atoms with Crippen LogP contribution in [-0.2, 0) is 29.7 Å². The van der Waals surface area contributed by atoms with Crippen molar-refractivity contribution in [1.82, 2.24) is 29.3 Å². The largest absolute Gasteiger partial charge is 0.484 e. The van der Waals surface area contributed by atoms with E-state index < -0.39 is 35.3 Å². The van der Waals surface area contributed by atoms with Crippen LogP contribution in [0, 0.1) is 0 Å². The van der Waals surface area contributed by atoms with Gasteiger partial charge in [-0.15, -0.1) is 0 Å². The number of ether oxygens (including phenoxy) is 2. The molecule has 14 heteroatoms. The van der Waals surface area contributed by atoms with E-state index in [-0.39, 0.29) is 35.3 Å². The smallest absolute Gasteiger partial charge is 0.407 e. The van der Waals surface area contributed by atoms with Gasteiger partial charge in [-0.1, -0.05) is 23.8 Å². The molecule has 14 nitrogen and oxygen atoms in total. The van der Waals surface area contributed by atoms with Crippen molar-refractivity contribution in [3.05, 3.63) is 62.3 Å². The van der Waals surface area contributed by atoms with E-state index >= 15 is 0 Å². The van der Waals surface area contributed by atoms with Crippen molar-refractivity contribution in [3.63, 3.8) is 0 Å². The Morgan fingerprint density at radius 2 is 1.87 bits per heavy atom. The maximum Gasteiger partial charge on any atom is 0.407 e. The quantitative estimate of drug-likeness (QED) is 0.251. The third kappa shape index (κ3) is 8.03. The molecule has 1 unspecified atom stereocenters. The first-order valence-corrected chi connectivity index (χ1v) is 15.2. The first kappa shape index (κ1) is 34.0. The minimum Gasteiger partial charge on any atom is -0.484 e. The summed E-state index contributed by atoms with van der Waals surface area (Å²) in [7, 11) is 3.01. The molecule has 0 bridgehead atoms. The number of aryl methyl sites for hydroxylation is 1. The van der Waals surface area contributed by atoms with E-state index in [0.29, 0.717) is 31.3 Å². The average molecular weight is 638 g/mol. The molecule has 1 saturated heterocycles. The molecule has 4 rings (SSSR count). The van der Waals surface area contributed by atoms with Gasteiger partial charge in [-0.2, -0.15) is 4.98 Å². The number of Topliss-reactive ketones (excluding diaryl/α,β-unsaturated/α-hetero) is 1. The van der Waals surface area contributed by atoms with Crippen LogP contribution in [-0.4, -0.2) is 74.9 Å². The van der Waals surface area contributed by atoms with E-state index in [2.05, 4.69) is 10.6 Å². The van der Waals surface area contributed by atoms with Crippen LogP contribution in [0.1, 0.15) is 57.8 Å². The summed E-state index contributed by atoms with van der Waals surface area (Å²) in [4.78, 5) is 71.6. The molecule has 3 aromatic rings. The molecule has 1 aliphatic heterocycles. The Balaban J connectivity index is 1.70. The van der Waals surface area contributed by atoms with E-state index in [1.54, 1.807) is 43.5 Å². The van der Waals surface area contributed by atoms with Crippen LogP contribution in [0.3, 0.4) is 0 Å². The number of nitrogens with zero attached hydrogens (tertiary/aromatic N) is 5. The van der Waals surface area contributed by atoms with E-state index in [4.69, 9.17) is 14.5 Å². The summed E-state index contributed by atoms with van der Waals surface area (Å²) < 4.78 is 14.8. The Hall–Kier alpha value is -4.88. The molecule has 1 aromatic carbocycles. The Morgan fingerprint density at radius 3 is 2.54 bits per heavy atom. The van der Waals surface area contributed by atoms with Crippen LogP contribution in [0.5, 0.6) is 5.75 Å². The lowest BCUT2D eigenvalue weighted by Crippen LogP contribution is -2.49. The first-order chi connectivity index (χ1) is 21.7. The number of aromatic nitrogens is 4. The fourth-order valence-corrected chi connectivity index (χ4v) is 5.15. The van der Waals surface area contributed by atoms with Gasteiger partial charge in [0.1, 0.15) is 11.4 Å². The number of imidazole rings is 1. The summed E-state index contributed by atoms with van der Waals surface area (Å²) in [6.07, 6.45) is 2.96. The predicted octanol–water partition coefficient (Wildman–Crippen LogP) is 2.36. The topological polar surface area (TPSA) is 159 Å². The highest BCUT2D eigenvalue weighted by molar-refractivity contribution is 5.96. The van der Waals surface area contributed by atoms with Gasteiger partial charge in [-0.3, -0.25) is 23.5 Å². The van der Waals surface area contributed by atoms with Gasteiger partial charge in [0.05, 0.1) is 6.54 Å². The van der Waals surface area contributed by atoms with Crippen LogP contribution in [0.15, 0.2) is 45.5 Å². The molecule has 3 heterocycles. The average Bonchev–Trinajstić information content (AvgIpc) is 3.39. The monoisotopic (exact) mass is 637 g/mol. The molecule has 2 N–H and O–H groups in total. The standard InChI is InChI=1S/C32H43N7O7/c1-20(2)13-15-38-26-27(35-29(38)37-14-9-11-22(17-37)34-30(43)46-32(3,4)5)36(7)31(44)39(28(26)42)18-24(40)21-10-8-12-23(16-21)45-19-25(41)33-6/h8,10,12-13,16,22H,9,11,14-15,17-19H2,1-7H3,(H,33,41)(H,34,43). The van der Waals surface area contributed by atoms with E-state index in [1.165, 1.54) is 24.7 Å². The van der Waals surface area contributed by atoms with Crippen LogP contribution in [0.25, 0.3) is 11.2 Å². The Bertz CT molecular complexity index is 1770. The summed E-state index contributed by atoms with van der Waals surface area (Å²) >= 11 is 0. The van der Waals surface area contributed by atoms with Gasteiger partial charge in [0.2, 0.25) is 5.95 Å². The van der Waals surface area contributed by atoms with Gasteiger partial charge >= 0.3 is 11.8 Å². The number of hydrogen-bond acceptors (Lipinski definition) is 9. The van der Waals surface area contributed by atoms with Crippen molar-refractivity contribution in [2.75, 3.05) is 31.6 Å². The highest BCUT2D eigenvalue weighted by Crippen LogP contribution is 2.24. The number of benzene rings is 1. The highest BCUT2D eigenvalue weighted by atomic mass is 16.6. The number of carbonyl (C=O) groups excluding carboxylic acids is 3. The molecular formula is C32H43N7O7. The summed E-state index contributed by atoms with van der Waals surface area (Å²) in [5.74, 6) is -0.0221. The molecule has 248 valence electrons. The number of carbonyl (C=O) groups is 3. The summed E-state index contributed by atoms with van der Waals surface area (Å²) in [6.45, 7) is 9.93. The van der Waals surface area contributed by atoms with Gasteiger partial charge in [-0.25, -0.2) is 9.59 Å². The van der Waals surface area contributed by atoms with Crippen LogP contribution in [0.4, 0.5) is 10.7 Å². The number of fused-ring (bicyclic) bond motifs is 1. The minimum absolute atomic E-state index is 0.187. The molecule has 0 aliphatic carbocycles. The van der Waals surface area contributed by atoms with E-state index in [0.717, 1.165) is 23.0 Å². The number of hydrogen-bond donors (Lipinski definition) is 2. The zero-order chi connectivity index (χ0) is 33.8. The number of nitrogens with one attached hydrogen (secondary N) is 2. The number of alkyl carbamates (subject to hydrolysis) is 1. The van der Waals surface area contributed by atoms with Crippen molar-refractivity contribution in [2.24, 2.45) is 7.05 Å². The summed E-state index contributed by atoms with van der Waals surface area (Å²) in [5, 5.41) is 5.39. The van der Waals surface area contributed by atoms with Gasteiger partial charge in [-0.05, 0) is 59.6 Å². The third-order valence-electron chi connectivity index (χ3n) is 7.43. The fraction of sp³-hybridized carbons (Fsp3) is 0.500.